The van der Waals surface area contributed by atoms with Crippen molar-refractivity contribution in [3.05, 3.63) is 18.3 Å². The number of hydrogen-bond donors (Lipinski definition) is 2. The largest absolute Gasteiger partial charge is 0.481 e. The zero-order chi connectivity index (χ0) is 14.6. The van der Waals surface area contributed by atoms with Crippen LogP contribution in [0.3, 0.4) is 0 Å². The van der Waals surface area contributed by atoms with Gasteiger partial charge in [0, 0.05) is 26.8 Å². The Kier molecular flexibility index (Phi) is 4.84. The highest BCUT2D eigenvalue weighted by molar-refractivity contribution is 7.89. The van der Waals surface area contributed by atoms with Gasteiger partial charge in [-0.15, -0.1) is 0 Å². The maximum Gasteiger partial charge on any atom is 0.308 e. The number of carbonyl (C=O) groups is 1. The number of hydrogen-bond acceptors (Lipinski definition) is 5. The van der Waals surface area contributed by atoms with E-state index >= 15 is 0 Å². The summed E-state index contributed by atoms with van der Waals surface area (Å²) >= 11 is 0. The minimum absolute atomic E-state index is 0.0920. The summed E-state index contributed by atoms with van der Waals surface area (Å²) in [4.78, 5) is 14.7. The zero-order valence-electron chi connectivity index (χ0n) is 11.0. The van der Waals surface area contributed by atoms with Crippen molar-refractivity contribution in [1.29, 1.82) is 0 Å². The van der Waals surface area contributed by atoms with Crippen molar-refractivity contribution in [1.82, 2.24) is 9.29 Å². The van der Waals surface area contributed by atoms with Gasteiger partial charge in [-0.3, -0.25) is 4.79 Å². The van der Waals surface area contributed by atoms with E-state index in [1.807, 2.05) is 0 Å². The lowest BCUT2D eigenvalue weighted by Gasteiger charge is -2.12. The first-order chi connectivity index (χ1) is 8.75. The average molecular weight is 287 g/mol. The maximum absolute atomic E-state index is 11.8. The number of carboxylic acid groups (broad SMARTS) is 1. The summed E-state index contributed by atoms with van der Waals surface area (Å²) in [5.41, 5.74) is 0. The number of aliphatic carboxylic acids is 1. The molecule has 7 nitrogen and oxygen atoms in total. The van der Waals surface area contributed by atoms with Crippen LogP contribution in [-0.4, -0.2) is 49.4 Å². The predicted molar refractivity (Wildman–Crippen MR) is 70.4 cm³/mol. The molecule has 0 aliphatic heterocycles. The van der Waals surface area contributed by atoms with Gasteiger partial charge in [-0.2, -0.15) is 0 Å². The van der Waals surface area contributed by atoms with Crippen LogP contribution < -0.4 is 5.32 Å². The molecule has 0 saturated heterocycles. The second-order valence-electron chi connectivity index (χ2n) is 4.29. The van der Waals surface area contributed by atoms with Crippen molar-refractivity contribution >= 4 is 21.8 Å². The predicted octanol–water partition coefficient (Wildman–Crippen LogP) is 0.464. The highest BCUT2D eigenvalue weighted by Crippen LogP contribution is 2.14. The van der Waals surface area contributed by atoms with Gasteiger partial charge in [0.2, 0.25) is 10.0 Å². The van der Waals surface area contributed by atoms with E-state index in [4.69, 9.17) is 5.11 Å². The molecule has 0 spiro atoms. The lowest BCUT2D eigenvalue weighted by molar-refractivity contribution is -0.140. The first-order valence-electron chi connectivity index (χ1n) is 5.60. The van der Waals surface area contributed by atoms with Crippen LogP contribution in [0, 0.1) is 5.92 Å². The first-order valence-corrected chi connectivity index (χ1v) is 7.04. The number of nitrogens with zero attached hydrogens (tertiary/aromatic N) is 2. The quantitative estimate of drug-likeness (QED) is 0.788. The molecule has 2 N–H and O–H groups in total. The summed E-state index contributed by atoms with van der Waals surface area (Å²) in [6.07, 6.45) is 1.24. The summed E-state index contributed by atoms with van der Waals surface area (Å²) in [6, 6.07) is 2.93. The van der Waals surface area contributed by atoms with Crippen molar-refractivity contribution in [3.63, 3.8) is 0 Å². The summed E-state index contributed by atoms with van der Waals surface area (Å²) in [7, 11) is -0.608. The molecule has 0 saturated carbocycles. The van der Waals surface area contributed by atoms with E-state index in [0.717, 1.165) is 4.31 Å². The summed E-state index contributed by atoms with van der Waals surface area (Å²) in [5, 5.41) is 11.6. The van der Waals surface area contributed by atoms with Gasteiger partial charge in [0.25, 0.3) is 0 Å². The fourth-order valence-electron chi connectivity index (χ4n) is 1.19. The van der Waals surface area contributed by atoms with Crippen LogP contribution in [0.4, 0.5) is 5.82 Å². The third-order valence-corrected chi connectivity index (χ3v) is 4.32. The fourth-order valence-corrected chi connectivity index (χ4v) is 2.04. The van der Waals surface area contributed by atoms with Gasteiger partial charge in [0.05, 0.1) is 5.92 Å². The molecule has 0 aromatic carbocycles. The number of carboxylic acids is 1. The Morgan fingerprint density at radius 2 is 2.11 bits per heavy atom. The molecule has 0 radical (unpaired) electrons. The molecule has 1 aromatic rings. The van der Waals surface area contributed by atoms with E-state index in [2.05, 4.69) is 10.3 Å². The van der Waals surface area contributed by atoms with Crippen LogP contribution >= 0.6 is 0 Å². The SMILES string of the molecule is CC(CNc1ccc(S(=O)(=O)N(C)C)cn1)C(=O)O. The van der Waals surface area contributed by atoms with Crippen LogP contribution in [0.1, 0.15) is 6.92 Å². The minimum Gasteiger partial charge on any atom is -0.481 e. The van der Waals surface area contributed by atoms with Crippen LogP contribution in [0.5, 0.6) is 0 Å². The van der Waals surface area contributed by atoms with E-state index < -0.39 is 21.9 Å². The van der Waals surface area contributed by atoms with Gasteiger partial charge >= 0.3 is 5.97 Å². The van der Waals surface area contributed by atoms with Gasteiger partial charge in [0.15, 0.2) is 0 Å². The normalized spacial score (nSPS) is 13.3. The maximum atomic E-state index is 11.8. The highest BCUT2D eigenvalue weighted by atomic mass is 32.2. The van der Waals surface area contributed by atoms with Gasteiger partial charge in [0.1, 0.15) is 10.7 Å². The Hall–Kier alpha value is -1.67. The molecule has 1 atom stereocenters. The number of pyridine rings is 1. The Bertz CT molecular complexity index is 540. The molecule has 1 aromatic heterocycles. The molecule has 106 valence electrons. The molecule has 0 aliphatic rings. The lowest BCUT2D eigenvalue weighted by Crippen LogP contribution is -2.22. The van der Waals surface area contributed by atoms with Crippen LogP contribution in [0.15, 0.2) is 23.2 Å². The van der Waals surface area contributed by atoms with Crippen molar-refractivity contribution < 1.29 is 18.3 Å². The topological polar surface area (TPSA) is 99.6 Å². The second-order valence-corrected chi connectivity index (χ2v) is 6.44. The Labute approximate surface area is 112 Å². The Morgan fingerprint density at radius 1 is 1.47 bits per heavy atom. The van der Waals surface area contributed by atoms with Crippen molar-refractivity contribution in [3.8, 4) is 0 Å². The molecule has 19 heavy (non-hydrogen) atoms. The molecule has 0 bridgehead atoms. The van der Waals surface area contributed by atoms with E-state index in [1.165, 1.54) is 32.4 Å². The van der Waals surface area contributed by atoms with Crippen LogP contribution in [-0.2, 0) is 14.8 Å². The van der Waals surface area contributed by atoms with Gasteiger partial charge in [-0.05, 0) is 12.1 Å². The summed E-state index contributed by atoms with van der Waals surface area (Å²) in [5.74, 6) is -1.02. The zero-order valence-corrected chi connectivity index (χ0v) is 11.8. The second kappa shape index (κ2) is 5.98. The summed E-state index contributed by atoms with van der Waals surface area (Å²) in [6.45, 7) is 1.79. The van der Waals surface area contributed by atoms with Gasteiger partial charge < -0.3 is 10.4 Å². The van der Waals surface area contributed by atoms with E-state index in [0.29, 0.717) is 5.82 Å². The van der Waals surface area contributed by atoms with Crippen molar-refractivity contribution in [2.45, 2.75) is 11.8 Å². The number of aromatic nitrogens is 1. The van der Waals surface area contributed by atoms with Crippen molar-refractivity contribution in [2.75, 3.05) is 26.0 Å². The van der Waals surface area contributed by atoms with Gasteiger partial charge in [-0.1, -0.05) is 6.92 Å². The average Bonchev–Trinajstić information content (AvgIpc) is 2.36. The van der Waals surface area contributed by atoms with Crippen molar-refractivity contribution in [2.24, 2.45) is 5.92 Å². The number of rotatable bonds is 6. The Morgan fingerprint density at radius 3 is 2.53 bits per heavy atom. The fraction of sp³-hybridized carbons (Fsp3) is 0.455. The molecular formula is C11H17N3O4S. The molecule has 1 heterocycles. The smallest absolute Gasteiger partial charge is 0.308 e. The van der Waals surface area contributed by atoms with Crippen LogP contribution in [0.2, 0.25) is 0 Å². The molecule has 8 heteroatoms. The molecule has 0 amide bonds. The number of nitrogens with one attached hydrogen (secondary N) is 1. The molecule has 1 unspecified atom stereocenters. The van der Waals surface area contributed by atoms with E-state index in [-0.39, 0.29) is 11.4 Å². The Balaban J connectivity index is 2.75. The molecular weight excluding hydrogens is 270 g/mol. The van der Waals surface area contributed by atoms with E-state index in [1.54, 1.807) is 6.92 Å². The number of sulfonamides is 1. The molecule has 0 fully saturated rings. The minimum atomic E-state index is -3.49. The monoisotopic (exact) mass is 287 g/mol. The summed E-state index contributed by atoms with van der Waals surface area (Å²) < 4.78 is 24.7. The first kappa shape index (κ1) is 15.4. The van der Waals surface area contributed by atoms with Gasteiger partial charge in [-0.25, -0.2) is 17.7 Å². The molecule has 1 rings (SSSR count). The third-order valence-electron chi connectivity index (χ3n) is 2.53. The highest BCUT2D eigenvalue weighted by Gasteiger charge is 2.17. The standard InChI is InChI=1S/C11H17N3O4S/c1-8(11(15)16)6-12-10-5-4-9(7-13-10)19(17,18)14(2)3/h4-5,7-8H,6H2,1-3H3,(H,12,13)(H,15,16). The molecule has 0 aliphatic carbocycles. The third kappa shape index (κ3) is 3.90. The number of anilines is 1. The van der Waals surface area contributed by atoms with E-state index in [9.17, 15) is 13.2 Å². The van der Waals surface area contributed by atoms with Crippen LogP contribution in [0.25, 0.3) is 0 Å². The lowest BCUT2D eigenvalue weighted by atomic mass is 10.2.